The average Bonchev–Trinajstić information content (AvgIpc) is 2.43. The van der Waals surface area contributed by atoms with E-state index < -0.39 is 5.97 Å². The highest BCUT2D eigenvalue weighted by Gasteiger charge is 2.15. The van der Waals surface area contributed by atoms with Crippen LogP contribution in [0.5, 0.6) is 0 Å². The van der Waals surface area contributed by atoms with Crippen molar-refractivity contribution in [1.82, 2.24) is 4.90 Å². The van der Waals surface area contributed by atoms with Crippen LogP contribution in [-0.4, -0.2) is 29.1 Å². The first-order valence-electron chi connectivity index (χ1n) is 8.35. The quantitative estimate of drug-likeness (QED) is 0.389. The second kappa shape index (κ2) is 13.0. The molecule has 0 saturated heterocycles. The Bertz CT molecular complexity index is 262. The number of allylic oxidation sites excluding steroid dienone is 1. The highest BCUT2D eigenvalue weighted by Crippen LogP contribution is 2.12. The Hall–Kier alpha value is -0.990. The van der Waals surface area contributed by atoms with Crippen molar-refractivity contribution in [3.8, 4) is 0 Å². The van der Waals surface area contributed by atoms with E-state index in [1.165, 1.54) is 38.5 Å². The van der Waals surface area contributed by atoms with Gasteiger partial charge in [0.05, 0.1) is 0 Å². The standard InChI is InChI=1S/C17H33NO2/c1-4-7-9-11-14-18(15-12-10-8-5-2)16(13-6-3)17(19)20/h13H,4-12,14-15H2,1-3H3,(H,19,20)/b16-13+. The molecule has 118 valence electrons. The highest BCUT2D eigenvalue weighted by atomic mass is 16.4. The fraction of sp³-hybridized carbons (Fsp3) is 0.824. The van der Waals surface area contributed by atoms with Crippen molar-refractivity contribution in [1.29, 1.82) is 0 Å². The Kier molecular flexibility index (Phi) is 12.4. The van der Waals surface area contributed by atoms with Gasteiger partial charge in [0.25, 0.3) is 0 Å². The number of hydrogen-bond acceptors (Lipinski definition) is 2. The molecule has 0 radical (unpaired) electrons. The summed E-state index contributed by atoms with van der Waals surface area (Å²) in [6, 6.07) is 0. The Morgan fingerprint density at radius 3 is 1.75 bits per heavy atom. The van der Waals surface area contributed by atoms with Crippen LogP contribution >= 0.6 is 0 Å². The second-order valence-electron chi connectivity index (χ2n) is 5.41. The molecule has 0 aliphatic carbocycles. The summed E-state index contributed by atoms with van der Waals surface area (Å²) in [5, 5.41) is 9.37. The lowest BCUT2D eigenvalue weighted by Gasteiger charge is -2.25. The normalized spacial score (nSPS) is 11.7. The molecule has 1 N–H and O–H groups in total. The lowest BCUT2D eigenvalue weighted by atomic mass is 10.1. The van der Waals surface area contributed by atoms with Gasteiger partial charge in [0, 0.05) is 13.1 Å². The van der Waals surface area contributed by atoms with Crippen LogP contribution < -0.4 is 0 Å². The van der Waals surface area contributed by atoms with Crippen molar-refractivity contribution in [2.45, 2.75) is 78.6 Å². The summed E-state index contributed by atoms with van der Waals surface area (Å²) in [7, 11) is 0. The zero-order chi connectivity index (χ0) is 15.2. The summed E-state index contributed by atoms with van der Waals surface area (Å²) >= 11 is 0. The molecule has 0 bridgehead atoms. The molecule has 0 aromatic rings. The molecule has 0 atom stereocenters. The van der Waals surface area contributed by atoms with Crippen LogP contribution in [0.3, 0.4) is 0 Å². The SMILES string of the molecule is CC/C=C(\C(=O)O)N(CCCCCC)CCCCCC. The van der Waals surface area contributed by atoms with Crippen molar-refractivity contribution in [3.05, 3.63) is 11.8 Å². The zero-order valence-corrected chi connectivity index (χ0v) is 13.7. The molecule has 0 saturated carbocycles. The molecule has 0 spiro atoms. The molecule has 0 aromatic carbocycles. The number of carboxylic acids is 1. The van der Waals surface area contributed by atoms with Crippen LogP contribution in [0.4, 0.5) is 0 Å². The number of rotatable bonds is 13. The van der Waals surface area contributed by atoms with Crippen LogP contribution in [-0.2, 0) is 4.79 Å². The average molecular weight is 283 g/mol. The van der Waals surface area contributed by atoms with Gasteiger partial charge < -0.3 is 10.0 Å². The lowest BCUT2D eigenvalue weighted by molar-refractivity contribution is -0.134. The monoisotopic (exact) mass is 283 g/mol. The lowest BCUT2D eigenvalue weighted by Crippen LogP contribution is -2.29. The highest BCUT2D eigenvalue weighted by molar-refractivity contribution is 5.85. The third kappa shape index (κ3) is 9.00. The first kappa shape index (κ1) is 19.0. The van der Waals surface area contributed by atoms with E-state index in [0.717, 1.165) is 32.4 Å². The fourth-order valence-corrected chi connectivity index (χ4v) is 2.36. The van der Waals surface area contributed by atoms with Crippen molar-refractivity contribution >= 4 is 5.97 Å². The van der Waals surface area contributed by atoms with E-state index in [0.29, 0.717) is 5.70 Å². The molecule has 20 heavy (non-hydrogen) atoms. The second-order valence-corrected chi connectivity index (χ2v) is 5.41. The molecule has 3 heteroatoms. The molecule has 0 unspecified atom stereocenters. The summed E-state index contributed by atoms with van der Waals surface area (Å²) in [6.45, 7) is 8.15. The van der Waals surface area contributed by atoms with Crippen molar-refractivity contribution in [2.75, 3.05) is 13.1 Å². The minimum Gasteiger partial charge on any atom is -0.477 e. The van der Waals surface area contributed by atoms with Gasteiger partial charge in [0.2, 0.25) is 0 Å². The summed E-state index contributed by atoms with van der Waals surface area (Å²) < 4.78 is 0. The fourth-order valence-electron chi connectivity index (χ4n) is 2.36. The number of aliphatic carboxylic acids is 1. The van der Waals surface area contributed by atoms with E-state index in [-0.39, 0.29) is 0 Å². The third-order valence-electron chi connectivity index (χ3n) is 3.52. The van der Waals surface area contributed by atoms with Gasteiger partial charge in [-0.2, -0.15) is 0 Å². The molecule has 0 aliphatic heterocycles. The number of carbonyl (C=O) groups is 1. The minimum atomic E-state index is -0.780. The molecular weight excluding hydrogens is 250 g/mol. The molecule has 0 aliphatic rings. The Labute approximate surface area is 125 Å². The maximum Gasteiger partial charge on any atom is 0.351 e. The Morgan fingerprint density at radius 1 is 0.900 bits per heavy atom. The van der Waals surface area contributed by atoms with Gasteiger partial charge in [-0.3, -0.25) is 0 Å². The topological polar surface area (TPSA) is 40.5 Å². The third-order valence-corrected chi connectivity index (χ3v) is 3.52. The van der Waals surface area contributed by atoms with Crippen LogP contribution in [0.15, 0.2) is 11.8 Å². The number of carboxylic acid groups (broad SMARTS) is 1. The van der Waals surface area contributed by atoms with Gasteiger partial charge in [0.1, 0.15) is 5.70 Å². The smallest absolute Gasteiger partial charge is 0.351 e. The van der Waals surface area contributed by atoms with Gasteiger partial charge in [-0.25, -0.2) is 4.79 Å². The molecule has 0 amide bonds. The van der Waals surface area contributed by atoms with Crippen LogP contribution in [0.2, 0.25) is 0 Å². The molecule has 0 aromatic heterocycles. The first-order valence-corrected chi connectivity index (χ1v) is 8.35. The van der Waals surface area contributed by atoms with Gasteiger partial charge >= 0.3 is 5.97 Å². The molecule has 0 fully saturated rings. The van der Waals surface area contributed by atoms with Gasteiger partial charge in [-0.05, 0) is 19.3 Å². The summed E-state index contributed by atoms with van der Waals surface area (Å²) in [6.07, 6.45) is 12.1. The minimum absolute atomic E-state index is 0.500. The molecule has 0 heterocycles. The van der Waals surface area contributed by atoms with E-state index in [1.54, 1.807) is 0 Å². The molecule has 3 nitrogen and oxygen atoms in total. The maximum atomic E-state index is 11.4. The first-order chi connectivity index (χ1) is 9.67. The zero-order valence-electron chi connectivity index (χ0n) is 13.7. The summed E-state index contributed by atoms with van der Waals surface area (Å²) in [5.41, 5.74) is 0.500. The van der Waals surface area contributed by atoms with E-state index >= 15 is 0 Å². The van der Waals surface area contributed by atoms with E-state index in [2.05, 4.69) is 18.7 Å². The number of nitrogens with zero attached hydrogens (tertiary/aromatic N) is 1. The summed E-state index contributed by atoms with van der Waals surface area (Å²) in [4.78, 5) is 13.5. The predicted octanol–water partition coefficient (Wildman–Crippen LogP) is 4.83. The van der Waals surface area contributed by atoms with Crippen LogP contribution in [0, 0.1) is 0 Å². The maximum absolute atomic E-state index is 11.4. The van der Waals surface area contributed by atoms with Gasteiger partial charge in [0.15, 0.2) is 0 Å². The summed E-state index contributed by atoms with van der Waals surface area (Å²) in [5.74, 6) is -0.780. The Balaban J connectivity index is 4.42. The molecular formula is C17H33NO2. The largest absolute Gasteiger partial charge is 0.477 e. The van der Waals surface area contributed by atoms with E-state index in [1.807, 2.05) is 13.0 Å². The van der Waals surface area contributed by atoms with Gasteiger partial charge in [-0.1, -0.05) is 65.4 Å². The van der Waals surface area contributed by atoms with E-state index in [4.69, 9.17) is 0 Å². The number of unbranched alkanes of at least 4 members (excludes halogenated alkanes) is 6. The molecule has 0 rings (SSSR count). The van der Waals surface area contributed by atoms with E-state index in [9.17, 15) is 9.90 Å². The van der Waals surface area contributed by atoms with Crippen LogP contribution in [0.1, 0.15) is 78.6 Å². The van der Waals surface area contributed by atoms with Gasteiger partial charge in [-0.15, -0.1) is 0 Å². The van der Waals surface area contributed by atoms with Crippen LogP contribution in [0.25, 0.3) is 0 Å². The number of hydrogen-bond donors (Lipinski definition) is 1. The Morgan fingerprint density at radius 2 is 1.40 bits per heavy atom. The predicted molar refractivity (Wildman–Crippen MR) is 85.9 cm³/mol. The van der Waals surface area contributed by atoms with Crippen molar-refractivity contribution < 1.29 is 9.90 Å². The van der Waals surface area contributed by atoms with Crippen molar-refractivity contribution in [3.63, 3.8) is 0 Å². The van der Waals surface area contributed by atoms with Crippen molar-refractivity contribution in [2.24, 2.45) is 0 Å².